The van der Waals surface area contributed by atoms with Gasteiger partial charge in [0.25, 0.3) is 0 Å². The van der Waals surface area contributed by atoms with Crippen LogP contribution in [-0.2, 0) is 0 Å². The molecule has 0 aliphatic carbocycles. The number of quaternary nitrogens is 1. The Morgan fingerprint density at radius 2 is 0.662 bits per heavy atom. The third-order valence-electron chi connectivity index (χ3n) is 11.4. The van der Waals surface area contributed by atoms with Crippen molar-refractivity contribution in [1.82, 2.24) is 21.3 Å². The van der Waals surface area contributed by atoms with Crippen molar-refractivity contribution in [1.29, 1.82) is 0 Å². The summed E-state index contributed by atoms with van der Waals surface area (Å²) in [7, 11) is 6.83. The Kier molecular flexibility index (Phi) is 176. The average molecular weight is 1190 g/mol. The van der Waals surface area contributed by atoms with Crippen molar-refractivity contribution in [2.75, 3.05) is 86.6 Å². The van der Waals surface area contributed by atoms with Crippen LogP contribution < -0.4 is 83.3 Å². The number of nitrogens with one attached hydrogen (secondary N) is 4. The Labute approximate surface area is 509 Å². The van der Waals surface area contributed by atoms with Gasteiger partial charge in [-0.15, -0.1) is 6.54 Å². The highest BCUT2D eigenvalue weighted by molar-refractivity contribution is 6.24. The molecule has 0 spiro atoms. The number of hydrogen-bond acceptors (Lipinski definition) is 5. The lowest BCUT2D eigenvalue weighted by molar-refractivity contribution is -0.870. The van der Waals surface area contributed by atoms with Gasteiger partial charge in [-0.25, -0.2) is 0 Å². The fourth-order valence-electron chi connectivity index (χ4n) is 5.73. The summed E-state index contributed by atoms with van der Waals surface area (Å²) in [6, 6.07) is 0. The standard InChI is InChI=1S/C15H35N2.C15H33N.C14H32N2O.C5H11ClN.6C2H6.5ClH/c1-6-15(2)14-16-12-10-8-7-9-11-13-17(3,4)5;1-4-6-7-8-9-10-11-12-13-16-14-15(3)5-2;1-5-12(4)8-15-10-14(17)11-16-9-13(6-2)7-3;1-3-5(2)4-7-6;6*1-2;;;;;/h15-16H,6-14H2,1-5H3;15-16H,4-14H2,1-3H3;12-17H,5-11H2,1-4H3;5H,3-4H2,1-2H3;6*1-2H3;5*1H/q+1;;;-1;;;;;;;;;;;/p-5. The molecule has 474 valence electrons. The lowest BCUT2D eigenvalue weighted by Crippen LogP contribution is -3.00. The summed E-state index contributed by atoms with van der Waals surface area (Å²) in [5, 5.41) is 23.5. The summed E-state index contributed by atoms with van der Waals surface area (Å²) in [5.74, 6) is 3.76. The van der Waals surface area contributed by atoms with Gasteiger partial charge < -0.3 is 97.7 Å². The van der Waals surface area contributed by atoms with Gasteiger partial charge in [0.15, 0.2) is 0 Å². The highest BCUT2D eigenvalue weighted by Gasteiger charge is 2.08. The second-order valence-electron chi connectivity index (χ2n) is 18.7. The number of aliphatic hydroxyl groups is 1. The number of hydrogen-bond donors (Lipinski definition) is 5. The molecule has 0 radical (unpaired) electrons. The molecule has 0 saturated heterocycles. The average Bonchev–Trinajstić information content (AvgIpc) is 3.38. The van der Waals surface area contributed by atoms with Crippen molar-refractivity contribution in [2.45, 2.75) is 287 Å². The molecule has 0 bridgehead atoms. The van der Waals surface area contributed by atoms with Gasteiger partial charge in [-0.1, -0.05) is 261 Å². The SMILES string of the molecule is CC.CC.CC.CC.CC.CC.CCC(C)CNCC(O)CNCC(CC)CC.CCC(C)CNCCCCCCC[N+](C)(C)C.CCC(C)C[N-]Cl.CCCCCCCCCCNCC(C)CC.[Cl-].[Cl-].[Cl-].[Cl-].[Cl-]. The van der Waals surface area contributed by atoms with E-state index >= 15 is 0 Å². The summed E-state index contributed by atoms with van der Waals surface area (Å²) < 4.78 is 1.11. The molecule has 0 aliphatic rings. The Bertz CT molecular complexity index is 733. The largest absolute Gasteiger partial charge is 1.00 e. The van der Waals surface area contributed by atoms with E-state index in [1.165, 1.54) is 148 Å². The van der Waals surface area contributed by atoms with Crippen molar-refractivity contribution in [3.63, 3.8) is 0 Å². The third-order valence-corrected chi connectivity index (χ3v) is 11.5. The monoisotopic (exact) mass is 1190 g/mol. The maximum absolute atomic E-state index is 9.77. The minimum absolute atomic E-state index is 0. The second-order valence-corrected chi connectivity index (χ2v) is 18.9. The molecular weight excluding hydrogens is 1050 g/mol. The van der Waals surface area contributed by atoms with Crippen LogP contribution in [-0.4, -0.2) is 102 Å². The third kappa shape index (κ3) is 135. The molecule has 0 amide bonds. The molecule has 0 aromatic rings. The molecule has 7 nitrogen and oxygen atoms in total. The summed E-state index contributed by atoms with van der Waals surface area (Å²) >= 11 is 5.10. The fourth-order valence-corrected chi connectivity index (χ4v) is 5.96. The van der Waals surface area contributed by atoms with Crippen LogP contribution >= 0.6 is 11.8 Å². The van der Waals surface area contributed by atoms with E-state index in [0.29, 0.717) is 24.9 Å². The van der Waals surface area contributed by atoms with Crippen molar-refractivity contribution in [3.05, 3.63) is 4.84 Å². The van der Waals surface area contributed by atoms with Crippen molar-refractivity contribution in [2.24, 2.45) is 29.6 Å². The predicted molar refractivity (Wildman–Crippen MR) is 330 cm³/mol. The van der Waals surface area contributed by atoms with E-state index in [9.17, 15) is 5.11 Å². The number of aliphatic hydroxyl groups excluding tert-OH is 1. The molecule has 5 atom stereocenters. The van der Waals surface area contributed by atoms with Gasteiger partial charge in [-0.3, -0.25) is 11.8 Å². The second kappa shape index (κ2) is 114. The maximum Gasteiger partial charge on any atom is 0.0788 e. The lowest BCUT2D eigenvalue weighted by Gasteiger charge is -2.23. The molecule has 5 N–H and O–H groups in total. The van der Waals surface area contributed by atoms with Crippen LogP contribution in [0, 0.1) is 29.6 Å². The van der Waals surface area contributed by atoms with E-state index < -0.39 is 0 Å². The van der Waals surface area contributed by atoms with Crippen LogP contribution in [0.2, 0.25) is 0 Å². The van der Waals surface area contributed by atoms with Crippen LogP contribution in [0.25, 0.3) is 4.84 Å². The highest BCUT2D eigenvalue weighted by atomic mass is 35.5. The zero-order valence-corrected chi connectivity index (χ0v) is 60.1. The van der Waals surface area contributed by atoms with E-state index in [4.69, 9.17) is 11.8 Å². The van der Waals surface area contributed by atoms with E-state index in [1.807, 2.05) is 83.1 Å². The summed E-state index contributed by atoms with van der Waals surface area (Å²) in [4.78, 5) is 3.48. The molecule has 13 heteroatoms. The fraction of sp³-hybridized carbons (Fsp3) is 1.00. The van der Waals surface area contributed by atoms with Gasteiger partial charge >= 0.3 is 0 Å². The first-order valence-corrected chi connectivity index (χ1v) is 31.1. The van der Waals surface area contributed by atoms with E-state index in [-0.39, 0.29) is 68.1 Å². The van der Waals surface area contributed by atoms with E-state index in [1.54, 1.807) is 0 Å². The van der Waals surface area contributed by atoms with Gasteiger partial charge in [0.05, 0.1) is 33.8 Å². The summed E-state index contributed by atoms with van der Waals surface area (Å²) in [6.45, 7) is 58.9. The van der Waals surface area contributed by atoms with Gasteiger partial charge in [-0.05, 0) is 88.6 Å². The van der Waals surface area contributed by atoms with Gasteiger partial charge in [0.1, 0.15) is 0 Å². The van der Waals surface area contributed by atoms with Crippen molar-refractivity contribution in [3.8, 4) is 0 Å². The molecule has 74 heavy (non-hydrogen) atoms. The molecule has 0 rings (SSSR count). The summed E-state index contributed by atoms with van der Waals surface area (Å²) in [6.07, 6.45) is 25.4. The Morgan fingerprint density at radius 1 is 0.378 bits per heavy atom. The lowest BCUT2D eigenvalue weighted by atomic mass is 10.0. The van der Waals surface area contributed by atoms with E-state index in [2.05, 4.69) is 123 Å². The van der Waals surface area contributed by atoms with Crippen molar-refractivity contribution < 1.29 is 71.6 Å². The molecule has 0 aromatic heterocycles. The first-order valence-electron chi connectivity index (χ1n) is 30.8. The molecule has 0 aromatic carbocycles. The first kappa shape index (κ1) is 114. The summed E-state index contributed by atoms with van der Waals surface area (Å²) in [5.41, 5.74) is 0. The van der Waals surface area contributed by atoms with Crippen LogP contribution in [0.4, 0.5) is 0 Å². The zero-order chi connectivity index (χ0) is 56.0. The quantitative estimate of drug-likeness (QED) is 0.0484. The van der Waals surface area contributed by atoms with Crippen LogP contribution in [0.1, 0.15) is 281 Å². The Balaban J connectivity index is -0.0000000451. The topological polar surface area (TPSA) is 82.5 Å². The molecule has 5 unspecified atom stereocenters. The Hall–Kier alpha value is 1.46. The minimum Gasteiger partial charge on any atom is -1.00 e. The number of unbranched alkanes of at least 4 members (excludes halogenated alkanes) is 11. The smallest absolute Gasteiger partial charge is 0.0788 e. The first-order chi connectivity index (χ1) is 33.2. The van der Waals surface area contributed by atoms with E-state index in [0.717, 1.165) is 48.3 Å². The molecular formula is C61H147Cl6N6O-5. The predicted octanol–water partition coefficient (Wildman–Crippen LogP) is 3.79. The normalized spacial score (nSPS) is 11.3. The molecule has 0 heterocycles. The maximum atomic E-state index is 9.77. The molecule has 0 fully saturated rings. The van der Waals surface area contributed by atoms with Gasteiger partial charge in [0, 0.05) is 13.1 Å². The number of halogens is 6. The minimum atomic E-state index is -0.270. The van der Waals surface area contributed by atoms with Gasteiger partial charge in [-0.2, -0.15) is 0 Å². The molecule has 0 aliphatic heterocycles. The van der Waals surface area contributed by atoms with Crippen molar-refractivity contribution >= 4 is 11.8 Å². The Morgan fingerprint density at radius 3 is 0.932 bits per heavy atom. The van der Waals surface area contributed by atoms with Crippen LogP contribution in [0.15, 0.2) is 0 Å². The number of nitrogens with zero attached hydrogens (tertiary/aromatic N) is 2. The molecule has 0 saturated carbocycles. The van der Waals surface area contributed by atoms with Crippen LogP contribution in [0.3, 0.4) is 0 Å². The highest BCUT2D eigenvalue weighted by Crippen LogP contribution is 2.09. The zero-order valence-electron chi connectivity index (χ0n) is 55.6. The number of rotatable bonds is 37. The van der Waals surface area contributed by atoms with Crippen LogP contribution in [0.5, 0.6) is 0 Å². The van der Waals surface area contributed by atoms with Gasteiger partial charge in [0.2, 0.25) is 0 Å².